The highest BCUT2D eigenvalue weighted by Crippen LogP contribution is 2.26. The first-order valence-corrected chi connectivity index (χ1v) is 9.39. The van der Waals surface area contributed by atoms with E-state index in [-0.39, 0.29) is 31.1 Å². The van der Waals surface area contributed by atoms with Crippen molar-refractivity contribution in [3.63, 3.8) is 0 Å². The fourth-order valence-electron chi connectivity index (χ4n) is 2.77. The molecule has 0 aliphatic carbocycles. The van der Waals surface area contributed by atoms with Crippen LogP contribution in [0.2, 0.25) is 0 Å². The zero-order valence-corrected chi connectivity index (χ0v) is 16.1. The average Bonchev–Trinajstić information content (AvgIpc) is 3.00. The molecule has 0 bridgehead atoms. The van der Waals surface area contributed by atoms with E-state index in [9.17, 15) is 18.8 Å². The minimum absolute atomic E-state index is 0.166. The number of aryl methyl sites for hydroxylation is 1. The van der Waals surface area contributed by atoms with E-state index in [2.05, 4.69) is 10.3 Å². The van der Waals surface area contributed by atoms with Gasteiger partial charge in [0.25, 0.3) is 11.5 Å². The van der Waals surface area contributed by atoms with Crippen LogP contribution < -0.4 is 10.9 Å². The molecule has 0 unspecified atom stereocenters. The van der Waals surface area contributed by atoms with Crippen LogP contribution in [-0.4, -0.2) is 34.6 Å². The molecule has 0 aliphatic heterocycles. The number of rotatable bonds is 6. The first-order valence-electron chi connectivity index (χ1n) is 8.57. The summed E-state index contributed by atoms with van der Waals surface area (Å²) in [7, 11) is 0. The zero-order valence-electron chi connectivity index (χ0n) is 15.3. The predicted octanol–water partition coefficient (Wildman–Crippen LogP) is 2.25. The van der Waals surface area contributed by atoms with E-state index in [1.165, 1.54) is 23.0 Å². The third-order valence-corrected chi connectivity index (χ3v) is 5.26. The molecule has 28 heavy (non-hydrogen) atoms. The molecule has 3 aromatic rings. The second kappa shape index (κ2) is 8.30. The Balaban J connectivity index is 1.89. The van der Waals surface area contributed by atoms with Gasteiger partial charge in [0.15, 0.2) is 0 Å². The molecule has 0 saturated carbocycles. The van der Waals surface area contributed by atoms with E-state index in [0.717, 1.165) is 11.3 Å². The molecule has 0 aliphatic rings. The van der Waals surface area contributed by atoms with Crippen molar-refractivity contribution in [3.8, 4) is 0 Å². The van der Waals surface area contributed by atoms with Crippen LogP contribution in [0.4, 0.5) is 4.39 Å². The number of nitrogens with zero attached hydrogens (tertiary/aromatic N) is 2. The van der Waals surface area contributed by atoms with Gasteiger partial charge in [-0.3, -0.25) is 19.0 Å². The lowest BCUT2D eigenvalue weighted by atomic mass is 10.2. The van der Waals surface area contributed by atoms with Gasteiger partial charge in [-0.25, -0.2) is 9.37 Å². The molecular weight excluding hydrogens is 385 g/mol. The van der Waals surface area contributed by atoms with Gasteiger partial charge in [0.1, 0.15) is 17.2 Å². The van der Waals surface area contributed by atoms with Crippen molar-refractivity contribution in [1.82, 2.24) is 14.9 Å². The number of aromatic nitrogens is 2. The predicted molar refractivity (Wildman–Crippen MR) is 103 cm³/mol. The van der Waals surface area contributed by atoms with Gasteiger partial charge >= 0.3 is 5.97 Å². The number of ether oxygens (including phenoxy) is 1. The van der Waals surface area contributed by atoms with Gasteiger partial charge in [-0.1, -0.05) is 12.1 Å². The van der Waals surface area contributed by atoms with Crippen molar-refractivity contribution in [1.29, 1.82) is 0 Å². The van der Waals surface area contributed by atoms with Crippen LogP contribution in [0.1, 0.15) is 27.7 Å². The van der Waals surface area contributed by atoms with Crippen molar-refractivity contribution < 1.29 is 18.7 Å². The molecule has 0 radical (unpaired) electrons. The van der Waals surface area contributed by atoms with Gasteiger partial charge in [-0.15, -0.1) is 11.3 Å². The number of hydrogen-bond donors (Lipinski definition) is 1. The number of esters is 1. The molecule has 7 nitrogen and oxygen atoms in total. The summed E-state index contributed by atoms with van der Waals surface area (Å²) in [4.78, 5) is 41.7. The highest BCUT2D eigenvalue weighted by Gasteiger charge is 2.20. The molecule has 0 fully saturated rings. The number of carbonyl (C=O) groups is 2. The van der Waals surface area contributed by atoms with Gasteiger partial charge < -0.3 is 10.1 Å². The molecule has 9 heteroatoms. The minimum atomic E-state index is -0.537. The summed E-state index contributed by atoms with van der Waals surface area (Å²) in [5.74, 6) is -1.39. The molecule has 0 spiro atoms. The molecule has 3 rings (SSSR count). The second-order valence-electron chi connectivity index (χ2n) is 6.03. The van der Waals surface area contributed by atoms with E-state index in [0.29, 0.717) is 26.2 Å². The number of amides is 1. The van der Waals surface area contributed by atoms with Crippen LogP contribution in [0, 0.1) is 12.7 Å². The van der Waals surface area contributed by atoms with Crippen molar-refractivity contribution in [3.05, 3.63) is 62.8 Å². The first kappa shape index (κ1) is 19.7. The Morgan fingerprint density at radius 1 is 1.36 bits per heavy atom. The summed E-state index contributed by atoms with van der Waals surface area (Å²) in [6.07, 6.45) is 1.38. The quantitative estimate of drug-likeness (QED) is 0.638. The Morgan fingerprint density at radius 2 is 2.14 bits per heavy atom. The number of nitrogens with one attached hydrogen (secondary N) is 1. The van der Waals surface area contributed by atoms with Crippen LogP contribution in [0.15, 0.2) is 35.4 Å². The third kappa shape index (κ3) is 4.09. The number of benzene rings is 1. The van der Waals surface area contributed by atoms with Crippen LogP contribution in [0.25, 0.3) is 10.2 Å². The normalized spacial score (nSPS) is 10.8. The lowest BCUT2D eigenvalue weighted by Gasteiger charge is -2.06. The van der Waals surface area contributed by atoms with E-state index in [1.54, 1.807) is 26.0 Å². The zero-order chi connectivity index (χ0) is 20.3. The standard InChI is InChI=1S/C19H18FN3O4S/c1-3-27-14(24)8-21-17(25)16-11(2)15-18(28-16)22-10-23(19(15)26)9-12-5-4-6-13(20)7-12/h4-7,10H,3,8-9H2,1-2H3,(H,21,25). The molecule has 1 amide bonds. The summed E-state index contributed by atoms with van der Waals surface area (Å²) in [6, 6.07) is 5.97. The molecular formula is C19H18FN3O4S. The van der Waals surface area contributed by atoms with E-state index >= 15 is 0 Å². The first-order chi connectivity index (χ1) is 13.4. The van der Waals surface area contributed by atoms with E-state index in [4.69, 9.17) is 4.74 Å². The van der Waals surface area contributed by atoms with Crippen molar-refractivity contribution in [2.75, 3.05) is 13.2 Å². The van der Waals surface area contributed by atoms with Crippen LogP contribution in [0.3, 0.4) is 0 Å². The Labute approximate surface area is 163 Å². The van der Waals surface area contributed by atoms with Gasteiger partial charge in [0.05, 0.1) is 29.7 Å². The molecule has 2 heterocycles. The van der Waals surface area contributed by atoms with Gasteiger partial charge in [0.2, 0.25) is 0 Å². The average molecular weight is 403 g/mol. The molecule has 146 valence electrons. The molecule has 1 N–H and O–H groups in total. The number of hydrogen-bond acceptors (Lipinski definition) is 6. The van der Waals surface area contributed by atoms with Gasteiger partial charge in [-0.05, 0) is 37.1 Å². The van der Waals surface area contributed by atoms with Crippen molar-refractivity contribution in [2.24, 2.45) is 0 Å². The summed E-state index contributed by atoms with van der Waals surface area (Å²) >= 11 is 1.08. The second-order valence-corrected chi connectivity index (χ2v) is 7.03. The molecule has 2 aromatic heterocycles. The van der Waals surface area contributed by atoms with Crippen molar-refractivity contribution in [2.45, 2.75) is 20.4 Å². The van der Waals surface area contributed by atoms with E-state index < -0.39 is 11.9 Å². The molecule has 0 saturated heterocycles. The molecule has 0 atom stereocenters. The van der Waals surface area contributed by atoms with Crippen LogP contribution in [-0.2, 0) is 16.1 Å². The lowest BCUT2D eigenvalue weighted by Crippen LogP contribution is -2.30. The fraction of sp³-hybridized carbons (Fsp3) is 0.263. The van der Waals surface area contributed by atoms with Crippen LogP contribution in [0.5, 0.6) is 0 Å². The Kier molecular flexibility index (Phi) is 5.84. The van der Waals surface area contributed by atoms with Gasteiger partial charge in [-0.2, -0.15) is 0 Å². The lowest BCUT2D eigenvalue weighted by molar-refractivity contribution is -0.141. The monoisotopic (exact) mass is 403 g/mol. The Morgan fingerprint density at radius 3 is 2.86 bits per heavy atom. The smallest absolute Gasteiger partial charge is 0.325 e. The number of fused-ring (bicyclic) bond motifs is 1. The summed E-state index contributed by atoms with van der Waals surface area (Å²) in [5.41, 5.74) is 0.809. The topological polar surface area (TPSA) is 90.3 Å². The number of carbonyl (C=O) groups excluding carboxylic acids is 2. The maximum Gasteiger partial charge on any atom is 0.325 e. The van der Waals surface area contributed by atoms with Crippen molar-refractivity contribution >= 4 is 33.4 Å². The highest BCUT2D eigenvalue weighted by molar-refractivity contribution is 7.20. The third-order valence-electron chi connectivity index (χ3n) is 4.06. The number of halogens is 1. The highest BCUT2D eigenvalue weighted by atomic mass is 32.1. The summed E-state index contributed by atoms with van der Waals surface area (Å²) in [6.45, 7) is 3.48. The maximum atomic E-state index is 13.4. The summed E-state index contributed by atoms with van der Waals surface area (Å²) < 4.78 is 19.5. The SMILES string of the molecule is CCOC(=O)CNC(=O)c1sc2ncn(Cc3cccc(F)c3)c(=O)c2c1C. The maximum absolute atomic E-state index is 13.4. The van der Waals surface area contributed by atoms with Gasteiger partial charge in [0, 0.05) is 0 Å². The largest absolute Gasteiger partial charge is 0.465 e. The minimum Gasteiger partial charge on any atom is -0.465 e. The summed E-state index contributed by atoms with van der Waals surface area (Å²) in [5, 5.41) is 2.82. The Hall–Kier alpha value is -3.07. The number of thiophene rings is 1. The molecule has 1 aromatic carbocycles. The van der Waals surface area contributed by atoms with E-state index in [1.807, 2.05) is 0 Å². The van der Waals surface area contributed by atoms with Crippen LogP contribution >= 0.6 is 11.3 Å². The fourth-order valence-corrected chi connectivity index (χ4v) is 3.82. The Bertz CT molecular complexity index is 1110.